The van der Waals surface area contributed by atoms with E-state index in [9.17, 15) is 4.79 Å². The number of benzene rings is 1. The Bertz CT molecular complexity index is 388. The molecule has 3 N–H and O–H groups in total. The number of nitrogens with two attached hydrogens (primary N) is 1. The molecule has 0 radical (unpaired) electrons. The van der Waals surface area contributed by atoms with Crippen LogP contribution >= 0.6 is 23.2 Å². The third-order valence-electron chi connectivity index (χ3n) is 2.48. The van der Waals surface area contributed by atoms with Gasteiger partial charge in [0, 0.05) is 29.1 Å². The highest BCUT2D eigenvalue weighted by Gasteiger charge is 2.03. The Balaban J connectivity index is 2.30. The second kappa shape index (κ2) is 7.62. The number of nitrogens with one attached hydrogen (secondary N) is 1. The van der Waals surface area contributed by atoms with Crippen molar-refractivity contribution in [1.82, 2.24) is 5.32 Å². The lowest BCUT2D eigenvalue weighted by Crippen LogP contribution is -2.27. The Kier molecular flexibility index (Phi) is 6.47. The van der Waals surface area contributed by atoms with Crippen molar-refractivity contribution in [3.63, 3.8) is 0 Å². The summed E-state index contributed by atoms with van der Waals surface area (Å²) < 4.78 is 0. The van der Waals surface area contributed by atoms with Crippen molar-refractivity contribution >= 4 is 29.1 Å². The van der Waals surface area contributed by atoms with Gasteiger partial charge in [-0.1, -0.05) is 23.2 Å². The van der Waals surface area contributed by atoms with E-state index >= 15 is 0 Å². The van der Waals surface area contributed by atoms with Gasteiger partial charge in [-0.3, -0.25) is 4.79 Å². The van der Waals surface area contributed by atoms with Gasteiger partial charge in [-0.2, -0.15) is 0 Å². The van der Waals surface area contributed by atoms with Crippen LogP contribution in [0.4, 0.5) is 0 Å². The van der Waals surface area contributed by atoms with Gasteiger partial charge in [0.25, 0.3) is 0 Å². The number of amides is 1. The average molecular weight is 289 g/mol. The van der Waals surface area contributed by atoms with Gasteiger partial charge in [-0.05, 0) is 43.5 Å². The fourth-order valence-electron chi connectivity index (χ4n) is 1.55. The predicted octanol–water partition coefficient (Wildman–Crippen LogP) is 2.78. The highest BCUT2D eigenvalue weighted by molar-refractivity contribution is 6.34. The minimum atomic E-state index is 0.0282. The molecule has 100 valence electrons. The zero-order valence-corrected chi connectivity index (χ0v) is 11.9. The van der Waals surface area contributed by atoms with E-state index < -0.39 is 0 Å². The van der Waals surface area contributed by atoms with Crippen molar-refractivity contribution in [2.45, 2.75) is 32.2 Å². The second-order valence-corrected chi connectivity index (χ2v) is 5.27. The number of hydrogen-bond acceptors (Lipinski definition) is 2. The molecule has 1 aromatic carbocycles. The summed E-state index contributed by atoms with van der Waals surface area (Å²) in [5.41, 5.74) is 6.60. The molecule has 0 saturated heterocycles. The standard InChI is InChI=1S/C13H18Cl2N2O/c1-9(16)2-3-13(18)17-5-4-10-6-11(14)8-12(15)7-10/h6-9H,2-5,16H2,1H3,(H,17,18). The number of carbonyl (C=O) groups excluding carboxylic acids is 1. The fraction of sp³-hybridized carbons (Fsp3) is 0.462. The molecular formula is C13H18Cl2N2O. The largest absolute Gasteiger partial charge is 0.356 e. The summed E-state index contributed by atoms with van der Waals surface area (Å²) in [6, 6.07) is 5.44. The second-order valence-electron chi connectivity index (χ2n) is 4.39. The molecule has 0 aliphatic carbocycles. The molecule has 0 heterocycles. The lowest BCUT2D eigenvalue weighted by atomic mass is 10.1. The molecule has 3 nitrogen and oxygen atoms in total. The topological polar surface area (TPSA) is 55.1 Å². The predicted molar refractivity (Wildman–Crippen MR) is 76.1 cm³/mol. The van der Waals surface area contributed by atoms with Crippen LogP contribution in [-0.2, 0) is 11.2 Å². The Morgan fingerprint density at radius 2 is 1.94 bits per heavy atom. The molecule has 0 aliphatic rings. The summed E-state index contributed by atoms with van der Waals surface area (Å²) in [6.45, 7) is 2.47. The Morgan fingerprint density at radius 3 is 2.50 bits per heavy atom. The summed E-state index contributed by atoms with van der Waals surface area (Å²) in [5.74, 6) is 0.0282. The molecule has 1 amide bonds. The first-order valence-corrected chi connectivity index (χ1v) is 6.70. The maximum atomic E-state index is 11.5. The van der Waals surface area contributed by atoms with Crippen LogP contribution in [0.5, 0.6) is 0 Å². The van der Waals surface area contributed by atoms with Crippen LogP contribution in [-0.4, -0.2) is 18.5 Å². The van der Waals surface area contributed by atoms with E-state index in [1.54, 1.807) is 6.07 Å². The molecule has 1 atom stereocenters. The molecule has 1 rings (SSSR count). The summed E-state index contributed by atoms with van der Waals surface area (Å²) >= 11 is 11.8. The molecule has 0 aromatic heterocycles. The molecule has 0 saturated carbocycles. The molecule has 1 unspecified atom stereocenters. The van der Waals surface area contributed by atoms with Crippen LogP contribution in [0.15, 0.2) is 18.2 Å². The molecule has 18 heavy (non-hydrogen) atoms. The summed E-state index contributed by atoms with van der Waals surface area (Å²) in [6.07, 6.45) is 1.88. The van der Waals surface area contributed by atoms with E-state index in [2.05, 4.69) is 5.32 Å². The van der Waals surface area contributed by atoms with E-state index in [1.807, 2.05) is 19.1 Å². The van der Waals surface area contributed by atoms with Gasteiger partial charge in [0.1, 0.15) is 0 Å². The molecule has 5 heteroatoms. The monoisotopic (exact) mass is 288 g/mol. The first-order chi connectivity index (χ1) is 8.47. The molecule has 1 aromatic rings. The highest BCUT2D eigenvalue weighted by Crippen LogP contribution is 2.19. The molecule has 0 fully saturated rings. The molecule has 0 spiro atoms. The minimum absolute atomic E-state index is 0.0282. The normalized spacial score (nSPS) is 12.2. The van der Waals surface area contributed by atoms with E-state index in [-0.39, 0.29) is 11.9 Å². The van der Waals surface area contributed by atoms with Gasteiger partial charge in [0.05, 0.1) is 0 Å². The first-order valence-electron chi connectivity index (χ1n) is 5.94. The summed E-state index contributed by atoms with van der Waals surface area (Å²) in [7, 11) is 0. The van der Waals surface area contributed by atoms with E-state index in [0.717, 1.165) is 5.56 Å². The average Bonchev–Trinajstić information content (AvgIpc) is 2.25. The number of rotatable bonds is 6. The van der Waals surface area contributed by atoms with Gasteiger partial charge in [0.15, 0.2) is 0 Å². The van der Waals surface area contributed by atoms with Gasteiger partial charge in [0.2, 0.25) is 5.91 Å². The first kappa shape index (κ1) is 15.3. The third kappa shape index (κ3) is 6.24. The van der Waals surface area contributed by atoms with Crippen LogP contribution in [0.25, 0.3) is 0 Å². The van der Waals surface area contributed by atoms with Gasteiger partial charge < -0.3 is 11.1 Å². The molecular weight excluding hydrogens is 271 g/mol. The van der Waals surface area contributed by atoms with Crippen molar-refractivity contribution in [3.8, 4) is 0 Å². The Morgan fingerprint density at radius 1 is 1.33 bits per heavy atom. The molecule has 0 bridgehead atoms. The van der Waals surface area contributed by atoms with E-state index in [4.69, 9.17) is 28.9 Å². The van der Waals surface area contributed by atoms with Crippen molar-refractivity contribution in [2.24, 2.45) is 5.73 Å². The summed E-state index contributed by atoms with van der Waals surface area (Å²) in [4.78, 5) is 11.5. The maximum absolute atomic E-state index is 11.5. The SMILES string of the molecule is CC(N)CCC(=O)NCCc1cc(Cl)cc(Cl)c1. The Labute approximate surface area is 118 Å². The van der Waals surface area contributed by atoms with E-state index in [0.29, 0.717) is 35.9 Å². The fourth-order valence-corrected chi connectivity index (χ4v) is 2.12. The number of halogens is 2. The van der Waals surface area contributed by atoms with Crippen LogP contribution in [0, 0.1) is 0 Å². The lowest BCUT2D eigenvalue weighted by molar-refractivity contribution is -0.121. The molecule has 0 aliphatic heterocycles. The van der Waals surface area contributed by atoms with Crippen molar-refractivity contribution < 1.29 is 4.79 Å². The van der Waals surface area contributed by atoms with Crippen molar-refractivity contribution in [3.05, 3.63) is 33.8 Å². The van der Waals surface area contributed by atoms with Crippen LogP contribution in [0.3, 0.4) is 0 Å². The lowest BCUT2D eigenvalue weighted by Gasteiger charge is -2.07. The van der Waals surface area contributed by atoms with Crippen molar-refractivity contribution in [1.29, 1.82) is 0 Å². The van der Waals surface area contributed by atoms with Gasteiger partial charge >= 0.3 is 0 Å². The zero-order valence-electron chi connectivity index (χ0n) is 10.4. The van der Waals surface area contributed by atoms with E-state index in [1.165, 1.54) is 0 Å². The summed E-state index contributed by atoms with van der Waals surface area (Å²) in [5, 5.41) is 4.07. The third-order valence-corrected chi connectivity index (χ3v) is 2.92. The number of carbonyl (C=O) groups is 1. The van der Waals surface area contributed by atoms with Gasteiger partial charge in [-0.25, -0.2) is 0 Å². The van der Waals surface area contributed by atoms with Crippen LogP contribution in [0.1, 0.15) is 25.3 Å². The number of hydrogen-bond donors (Lipinski definition) is 2. The minimum Gasteiger partial charge on any atom is -0.356 e. The van der Waals surface area contributed by atoms with Crippen molar-refractivity contribution in [2.75, 3.05) is 6.54 Å². The van der Waals surface area contributed by atoms with Crippen LogP contribution < -0.4 is 11.1 Å². The smallest absolute Gasteiger partial charge is 0.220 e. The quantitative estimate of drug-likeness (QED) is 0.846. The van der Waals surface area contributed by atoms with Crippen LogP contribution in [0.2, 0.25) is 10.0 Å². The van der Waals surface area contributed by atoms with Gasteiger partial charge in [-0.15, -0.1) is 0 Å². The zero-order chi connectivity index (χ0) is 13.5. The highest BCUT2D eigenvalue weighted by atomic mass is 35.5. The maximum Gasteiger partial charge on any atom is 0.220 e. The Hall–Kier alpha value is -0.770.